The number of ether oxygens (including phenoxy) is 1. The SMILES string of the molecule is CCCOCCCNc1cc(NC)nc(C(C)C)n1. The van der Waals surface area contributed by atoms with Gasteiger partial charge in [0.05, 0.1) is 0 Å². The van der Waals surface area contributed by atoms with Gasteiger partial charge in [-0.1, -0.05) is 20.8 Å². The van der Waals surface area contributed by atoms with E-state index in [1.807, 2.05) is 13.1 Å². The van der Waals surface area contributed by atoms with E-state index < -0.39 is 0 Å². The van der Waals surface area contributed by atoms with Crippen LogP contribution in [0.15, 0.2) is 6.07 Å². The van der Waals surface area contributed by atoms with Crippen LogP contribution in [-0.4, -0.2) is 36.8 Å². The van der Waals surface area contributed by atoms with Gasteiger partial charge in [-0.25, -0.2) is 9.97 Å². The Bertz CT molecular complexity index is 368. The fourth-order valence-electron chi connectivity index (χ4n) is 1.58. The van der Waals surface area contributed by atoms with Crippen molar-refractivity contribution < 1.29 is 4.74 Å². The quantitative estimate of drug-likeness (QED) is 0.673. The summed E-state index contributed by atoms with van der Waals surface area (Å²) in [5.41, 5.74) is 0. The lowest BCUT2D eigenvalue weighted by Crippen LogP contribution is -2.10. The molecular weight excluding hydrogens is 240 g/mol. The summed E-state index contributed by atoms with van der Waals surface area (Å²) < 4.78 is 5.44. The Hall–Kier alpha value is -1.36. The number of aromatic nitrogens is 2. The third-order valence-corrected chi connectivity index (χ3v) is 2.64. The van der Waals surface area contributed by atoms with Gasteiger partial charge in [-0.05, 0) is 12.8 Å². The topological polar surface area (TPSA) is 59.1 Å². The van der Waals surface area contributed by atoms with Crippen LogP contribution in [0.5, 0.6) is 0 Å². The Balaban J connectivity index is 2.46. The molecule has 0 fully saturated rings. The largest absolute Gasteiger partial charge is 0.381 e. The minimum atomic E-state index is 0.321. The van der Waals surface area contributed by atoms with Crippen molar-refractivity contribution in [1.29, 1.82) is 0 Å². The fourth-order valence-corrected chi connectivity index (χ4v) is 1.58. The second-order valence-electron chi connectivity index (χ2n) is 4.79. The zero-order valence-electron chi connectivity index (χ0n) is 12.5. The van der Waals surface area contributed by atoms with E-state index in [0.29, 0.717) is 5.92 Å². The summed E-state index contributed by atoms with van der Waals surface area (Å²) in [7, 11) is 1.87. The number of hydrogen-bond donors (Lipinski definition) is 2. The molecule has 0 aliphatic heterocycles. The maximum absolute atomic E-state index is 5.44. The molecule has 0 spiro atoms. The highest BCUT2D eigenvalue weighted by Gasteiger charge is 2.06. The van der Waals surface area contributed by atoms with Gasteiger partial charge in [0, 0.05) is 38.8 Å². The predicted molar refractivity (Wildman–Crippen MR) is 79.9 cm³/mol. The van der Waals surface area contributed by atoms with Crippen LogP contribution < -0.4 is 10.6 Å². The van der Waals surface area contributed by atoms with E-state index in [1.165, 1.54) is 0 Å². The minimum absolute atomic E-state index is 0.321. The van der Waals surface area contributed by atoms with Crippen molar-refractivity contribution in [3.8, 4) is 0 Å². The Kier molecular flexibility index (Phi) is 7.18. The first-order valence-corrected chi connectivity index (χ1v) is 7.05. The lowest BCUT2D eigenvalue weighted by Gasteiger charge is -2.11. The first kappa shape index (κ1) is 15.7. The maximum atomic E-state index is 5.44. The van der Waals surface area contributed by atoms with Crippen molar-refractivity contribution in [3.63, 3.8) is 0 Å². The summed E-state index contributed by atoms with van der Waals surface area (Å²) in [4.78, 5) is 8.95. The first-order chi connectivity index (χ1) is 9.17. The summed E-state index contributed by atoms with van der Waals surface area (Å²) in [6, 6.07) is 1.93. The lowest BCUT2D eigenvalue weighted by molar-refractivity contribution is 0.134. The molecule has 0 saturated carbocycles. The van der Waals surface area contributed by atoms with Crippen molar-refractivity contribution in [2.24, 2.45) is 0 Å². The van der Waals surface area contributed by atoms with Gasteiger partial charge >= 0.3 is 0 Å². The third-order valence-electron chi connectivity index (χ3n) is 2.64. The molecule has 2 N–H and O–H groups in total. The van der Waals surface area contributed by atoms with E-state index in [4.69, 9.17) is 4.74 Å². The summed E-state index contributed by atoms with van der Waals surface area (Å²) in [5.74, 6) is 2.90. The van der Waals surface area contributed by atoms with Gasteiger partial charge in [0.15, 0.2) is 0 Å². The zero-order valence-corrected chi connectivity index (χ0v) is 12.5. The average Bonchev–Trinajstić information content (AvgIpc) is 2.42. The van der Waals surface area contributed by atoms with Crippen molar-refractivity contribution in [1.82, 2.24) is 9.97 Å². The van der Waals surface area contributed by atoms with Crippen LogP contribution in [0.4, 0.5) is 11.6 Å². The van der Waals surface area contributed by atoms with E-state index in [0.717, 1.165) is 50.1 Å². The molecule has 19 heavy (non-hydrogen) atoms. The fraction of sp³-hybridized carbons (Fsp3) is 0.714. The maximum Gasteiger partial charge on any atom is 0.135 e. The van der Waals surface area contributed by atoms with E-state index in [1.54, 1.807) is 0 Å². The molecule has 1 rings (SSSR count). The van der Waals surface area contributed by atoms with E-state index in [9.17, 15) is 0 Å². The molecule has 0 aliphatic carbocycles. The summed E-state index contributed by atoms with van der Waals surface area (Å²) in [6.07, 6.45) is 2.05. The molecule has 0 aliphatic rings. The van der Waals surface area contributed by atoms with Gasteiger partial charge in [-0.15, -0.1) is 0 Å². The summed E-state index contributed by atoms with van der Waals surface area (Å²) in [5, 5.41) is 6.39. The molecule has 0 atom stereocenters. The molecule has 0 aromatic carbocycles. The van der Waals surface area contributed by atoms with Gasteiger partial charge in [0.25, 0.3) is 0 Å². The first-order valence-electron chi connectivity index (χ1n) is 7.05. The molecule has 0 bridgehead atoms. The van der Waals surface area contributed by atoms with Crippen molar-refractivity contribution in [3.05, 3.63) is 11.9 Å². The van der Waals surface area contributed by atoms with Crippen LogP contribution in [0, 0.1) is 0 Å². The van der Waals surface area contributed by atoms with E-state index in [2.05, 4.69) is 41.4 Å². The highest BCUT2D eigenvalue weighted by molar-refractivity contribution is 5.47. The normalized spacial score (nSPS) is 10.8. The molecule has 108 valence electrons. The molecule has 0 unspecified atom stereocenters. The lowest BCUT2D eigenvalue weighted by atomic mass is 10.2. The van der Waals surface area contributed by atoms with Crippen molar-refractivity contribution in [2.45, 2.75) is 39.5 Å². The van der Waals surface area contributed by atoms with Crippen LogP contribution in [0.3, 0.4) is 0 Å². The summed E-state index contributed by atoms with van der Waals surface area (Å²) >= 11 is 0. The summed E-state index contributed by atoms with van der Waals surface area (Å²) in [6.45, 7) is 8.80. The Morgan fingerprint density at radius 3 is 2.58 bits per heavy atom. The molecule has 0 amide bonds. The van der Waals surface area contributed by atoms with Crippen LogP contribution in [0.1, 0.15) is 45.4 Å². The van der Waals surface area contributed by atoms with E-state index in [-0.39, 0.29) is 0 Å². The number of nitrogens with one attached hydrogen (secondary N) is 2. The second-order valence-corrected chi connectivity index (χ2v) is 4.79. The van der Waals surface area contributed by atoms with Gasteiger partial charge < -0.3 is 15.4 Å². The molecule has 0 saturated heterocycles. The van der Waals surface area contributed by atoms with Crippen molar-refractivity contribution >= 4 is 11.6 Å². The highest BCUT2D eigenvalue weighted by atomic mass is 16.5. The van der Waals surface area contributed by atoms with Gasteiger partial charge in [-0.2, -0.15) is 0 Å². The molecule has 1 heterocycles. The molecule has 5 heteroatoms. The van der Waals surface area contributed by atoms with Crippen LogP contribution in [0.25, 0.3) is 0 Å². The number of anilines is 2. The van der Waals surface area contributed by atoms with Gasteiger partial charge in [0.2, 0.25) is 0 Å². The van der Waals surface area contributed by atoms with E-state index >= 15 is 0 Å². The molecular formula is C14H26N4O. The smallest absolute Gasteiger partial charge is 0.135 e. The molecule has 0 radical (unpaired) electrons. The zero-order chi connectivity index (χ0) is 14.1. The molecule has 5 nitrogen and oxygen atoms in total. The number of hydrogen-bond acceptors (Lipinski definition) is 5. The van der Waals surface area contributed by atoms with Crippen LogP contribution in [0.2, 0.25) is 0 Å². The van der Waals surface area contributed by atoms with Crippen molar-refractivity contribution in [2.75, 3.05) is 37.4 Å². The monoisotopic (exact) mass is 266 g/mol. The molecule has 1 aromatic heterocycles. The number of rotatable bonds is 9. The number of nitrogens with zero attached hydrogens (tertiary/aromatic N) is 2. The third kappa shape index (κ3) is 5.87. The predicted octanol–water partition coefficient (Wildman–Crippen LogP) is 2.87. The van der Waals surface area contributed by atoms with Crippen LogP contribution >= 0.6 is 0 Å². The van der Waals surface area contributed by atoms with Gasteiger partial charge in [0.1, 0.15) is 17.5 Å². The second kappa shape index (κ2) is 8.69. The molecule has 1 aromatic rings. The Labute approximate surface area is 116 Å². The highest BCUT2D eigenvalue weighted by Crippen LogP contribution is 2.16. The van der Waals surface area contributed by atoms with Gasteiger partial charge in [-0.3, -0.25) is 0 Å². The average molecular weight is 266 g/mol. The Morgan fingerprint density at radius 2 is 1.95 bits per heavy atom. The minimum Gasteiger partial charge on any atom is -0.381 e. The van der Waals surface area contributed by atoms with Crippen LogP contribution in [-0.2, 0) is 4.74 Å². The Morgan fingerprint density at radius 1 is 1.21 bits per heavy atom. The standard InChI is InChI=1S/C14H26N4O/c1-5-8-19-9-6-7-16-13-10-12(15-4)17-14(18-13)11(2)3/h10-11H,5-9H2,1-4H3,(H2,15,16,17,18).